The molecule has 3 nitrogen and oxygen atoms in total. The Labute approximate surface area is 221 Å². The Bertz CT molecular complexity index is 1300. The fraction of sp³-hybridized carbons (Fsp3) is 0.400. The highest BCUT2D eigenvalue weighted by Crippen LogP contribution is 2.47. The summed E-state index contributed by atoms with van der Waals surface area (Å²) < 4.78 is 41.7. The number of rotatable bonds is 5. The number of para-hydroxylation sites is 1. The second-order valence-electron chi connectivity index (χ2n) is 10.4. The quantitative estimate of drug-likeness (QED) is 0.288. The molecule has 3 aliphatic heterocycles. The smallest absolute Gasteiger partial charge is 0.382 e. The van der Waals surface area contributed by atoms with Crippen LogP contribution in [0.2, 0.25) is 0 Å². The van der Waals surface area contributed by atoms with Gasteiger partial charge in [-0.3, -0.25) is 0 Å². The standard InChI is InChI=1S/C30H32F3N3S/c1-2-12-35-13-10-23(11-14-35)34-26-17-22(30(31,32)33)18-29-25(26)16-21-7-8-24(19-28(21)37-29)36-15-9-20-5-3-4-6-27(20)36/h3-8,17-19,23,34H,2,9-16H2,1H3. The van der Waals surface area contributed by atoms with Gasteiger partial charge in [0.1, 0.15) is 0 Å². The molecule has 0 radical (unpaired) electrons. The first kappa shape index (κ1) is 24.7. The predicted molar refractivity (Wildman–Crippen MR) is 145 cm³/mol. The Morgan fingerprint density at radius 1 is 0.946 bits per heavy atom. The number of hydrogen-bond donors (Lipinski definition) is 1. The van der Waals surface area contributed by atoms with E-state index in [1.54, 1.807) is 0 Å². The van der Waals surface area contributed by atoms with Crippen LogP contribution in [0, 0.1) is 0 Å². The lowest BCUT2D eigenvalue weighted by Gasteiger charge is -2.34. The third kappa shape index (κ3) is 4.96. The Hall–Kier alpha value is -2.64. The summed E-state index contributed by atoms with van der Waals surface area (Å²) in [7, 11) is 0. The van der Waals surface area contributed by atoms with Crippen LogP contribution < -0.4 is 10.2 Å². The van der Waals surface area contributed by atoms with Gasteiger partial charge >= 0.3 is 6.18 Å². The summed E-state index contributed by atoms with van der Waals surface area (Å²) in [6, 6.07) is 17.8. The Morgan fingerprint density at radius 3 is 2.54 bits per heavy atom. The highest BCUT2D eigenvalue weighted by atomic mass is 32.2. The highest BCUT2D eigenvalue weighted by Gasteiger charge is 2.34. The lowest BCUT2D eigenvalue weighted by molar-refractivity contribution is -0.137. The van der Waals surface area contributed by atoms with Crippen molar-refractivity contribution in [2.45, 2.75) is 61.0 Å². The molecule has 194 valence electrons. The molecular formula is C30H32F3N3S. The Kier molecular flexibility index (Phi) is 6.61. The topological polar surface area (TPSA) is 18.5 Å². The fourth-order valence-corrected chi connectivity index (χ4v) is 7.09. The van der Waals surface area contributed by atoms with Gasteiger partial charge in [-0.2, -0.15) is 13.2 Å². The first-order chi connectivity index (χ1) is 17.9. The second-order valence-corrected chi connectivity index (χ2v) is 11.4. The van der Waals surface area contributed by atoms with Crippen LogP contribution >= 0.6 is 11.8 Å². The van der Waals surface area contributed by atoms with Crippen molar-refractivity contribution >= 4 is 28.8 Å². The summed E-state index contributed by atoms with van der Waals surface area (Å²) in [6.07, 6.45) is 0.304. The van der Waals surface area contributed by atoms with Crippen molar-refractivity contribution < 1.29 is 13.2 Å². The van der Waals surface area contributed by atoms with Crippen LogP contribution in [0.4, 0.5) is 30.2 Å². The van der Waals surface area contributed by atoms with Gasteiger partial charge in [0, 0.05) is 59.0 Å². The van der Waals surface area contributed by atoms with Gasteiger partial charge in [-0.15, -0.1) is 0 Å². The maximum Gasteiger partial charge on any atom is 0.416 e. The van der Waals surface area contributed by atoms with E-state index in [-0.39, 0.29) is 6.04 Å². The van der Waals surface area contributed by atoms with Crippen LogP contribution in [0.15, 0.2) is 64.4 Å². The maximum atomic E-state index is 13.9. The Balaban J connectivity index is 1.29. The molecule has 0 spiro atoms. The number of alkyl halides is 3. The van der Waals surface area contributed by atoms with Crippen molar-refractivity contribution in [3.05, 3.63) is 76.9 Å². The largest absolute Gasteiger partial charge is 0.416 e. The van der Waals surface area contributed by atoms with Gasteiger partial charge in [0.25, 0.3) is 0 Å². The van der Waals surface area contributed by atoms with Crippen molar-refractivity contribution in [1.29, 1.82) is 0 Å². The molecule has 3 aromatic carbocycles. The molecule has 0 atom stereocenters. The number of benzene rings is 3. The average Bonchev–Trinajstić information content (AvgIpc) is 3.32. The molecule has 1 fully saturated rings. The molecule has 0 aliphatic carbocycles. The van der Waals surface area contributed by atoms with E-state index in [1.165, 1.54) is 40.7 Å². The summed E-state index contributed by atoms with van der Waals surface area (Å²) in [5.74, 6) is 0. The van der Waals surface area contributed by atoms with E-state index < -0.39 is 11.7 Å². The molecule has 0 amide bonds. The van der Waals surface area contributed by atoms with Crippen LogP contribution in [0.25, 0.3) is 0 Å². The van der Waals surface area contributed by atoms with Crippen molar-refractivity contribution in [2.75, 3.05) is 36.4 Å². The van der Waals surface area contributed by atoms with Crippen LogP contribution in [-0.2, 0) is 19.0 Å². The molecule has 7 heteroatoms. The van der Waals surface area contributed by atoms with Crippen LogP contribution in [0.1, 0.15) is 48.4 Å². The van der Waals surface area contributed by atoms with E-state index >= 15 is 0 Å². The van der Waals surface area contributed by atoms with E-state index in [0.717, 1.165) is 68.0 Å². The third-order valence-corrected chi connectivity index (χ3v) is 9.04. The molecular weight excluding hydrogens is 491 g/mol. The fourth-order valence-electron chi connectivity index (χ4n) is 5.92. The maximum absolute atomic E-state index is 13.9. The summed E-state index contributed by atoms with van der Waals surface area (Å²) in [5.41, 5.74) is 5.90. The van der Waals surface area contributed by atoms with Gasteiger partial charge in [-0.1, -0.05) is 43.0 Å². The van der Waals surface area contributed by atoms with E-state index in [4.69, 9.17) is 0 Å². The number of likely N-dealkylation sites (tertiary alicyclic amines) is 1. The van der Waals surface area contributed by atoms with Crippen molar-refractivity contribution in [1.82, 2.24) is 4.90 Å². The molecule has 0 unspecified atom stereocenters. The number of piperidine rings is 1. The number of nitrogens with one attached hydrogen (secondary N) is 1. The molecule has 0 bridgehead atoms. The molecule has 3 aliphatic rings. The zero-order valence-corrected chi connectivity index (χ0v) is 21.9. The summed E-state index contributed by atoms with van der Waals surface area (Å²) in [4.78, 5) is 6.53. The van der Waals surface area contributed by atoms with E-state index in [2.05, 4.69) is 64.5 Å². The SMILES string of the molecule is CCCN1CCC(Nc2cc(C(F)(F)F)cc3c2Cc2ccc(N4CCc5ccccc54)cc2S3)CC1. The number of hydrogen-bond acceptors (Lipinski definition) is 4. The molecule has 3 heterocycles. The molecule has 0 aromatic heterocycles. The van der Waals surface area contributed by atoms with Crippen LogP contribution in [0.3, 0.4) is 0 Å². The monoisotopic (exact) mass is 523 g/mol. The predicted octanol–water partition coefficient (Wildman–Crippen LogP) is 7.74. The highest BCUT2D eigenvalue weighted by molar-refractivity contribution is 7.99. The van der Waals surface area contributed by atoms with Crippen molar-refractivity contribution in [2.24, 2.45) is 0 Å². The van der Waals surface area contributed by atoms with Gasteiger partial charge in [-0.05, 0) is 79.3 Å². The molecule has 0 saturated carbocycles. The minimum atomic E-state index is -4.38. The molecule has 37 heavy (non-hydrogen) atoms. The number of halogens is 3. The summed E-state index contributed by atoms with van der Waals surface area (Å²) in [6.45, 7) is 6.17. The van der Waals surface area contributed by atoms with Gasteiger partial charge in [-0.25, -0.2) is 0 Å². The van der Waals surface area contributed by atoms with Crippen molar-refractivity contribution in [3.8, 4) is 0 Å². The first-order valence-corrected chi connectivity index (χ1v) is 14.1. The van der Waals surface area contributed by atoms with E-state index in [0.29, 0.717) is 17.0 Å². The lowest BCUT2D eigenvalue weighted by Crippen LogP contribution is -2.39. The number of anilines is 3. The number of fused-ring (bicyclic) bond motifs is 3. The lowest BCUT2D eigenvalue weighted by atomic mass is 9.97. The van der Waals surface area contributed by atoms with Crippen LogP contribution in [0.5, 0.6) is 0 Å². The van der Waals surface area contributed by atoms with Crippen molar-refractivity contribution in [3.63, 3.8) is 0 Å². The molecule has 6 rings (SSSR count). The van der Waals surface area contributed by atoms with Crippen LogP contribution in [-0.4, -0.2) is 37.1 Å². The van der Waals surface area contributed by atoms with Gasteiger partial charge < -0.3 is 15.1 Å². The summed E-state index contributed by atoms with van der Waals surface area (Å²) >= 11 is 1.48. The first-order valence-electron chi connectivity index (χ1n) is 13.3. The summed E-state index contributed by atoms with van der Waals surface area (Å²) in [5, 5.41) is 3.53. The normalized spacial score (nSPS) is 17.9. The van der Waals surface area contributed by atoms with Gasteiger partial charge in [0.2, 0.25) is 0 Å². The minimum Gasteiger partial charge on any atom is -0.382 e. The molecule has 1 N–H and O–H groups in total. The van der Waals surface area contributed by atoms with E-state index in [9.17, 15) is 13.2 Å². The Morgan fingerprint density at radius 2 is 1.76 bits per heavy atom. The average molecular weight is 524 g/mol. The molecule has 3 aromatic rings. The third-order valence-electron chi connectivity index (χ3n) is 7.86. The van der Waals surface area contributed by atoms with Gasteiger partial charge in [0.15, 0.2) is 0 Å². The molecule has 1 saturated heterocycles. The zero-order valence-electron chi connectivity index (χ0n) is 21.1. The minimum absolute atomic E-state index is 0.199. The van der Waals surface area contributed by atoms with Gasteiger partial charge in [0.05, 0.1) is 5.56 Å². The van der Waals surface area contributed by atoms with E-state index in [1.807, 2.05) is 0 Å². The zero-order chi connectivity index (χ0) is 25.6. The number of nitrogens with zero attached hydrogens (tertiary/aromatic N) is 2. The second kappa shape index (κ2) is 9.91.